The van der Waals surface area contributed by atoms with Crippen LogP contribution in [0.1, 0.15) is 41.5 Å². The third-order valence-electron chi connectivity index (χ3n) is 6.00. The Morgan fingerprint density at radius 3 is 2.62 bits per heavy atom. The second-order valence-corrected chi connectivity index (χ2v) is 8.26. The molecule has 0 bridgehead atoms. The van der Waals surface area contributed by atoms with Crippen LogP contribution < -0.4 is 10.2 Å². The molecule has 0 unspecified atom stereocenters. The minimum atomic E-state index is -0.211. The minimum Gasteiger partial charge on any atom is -0.324 e. The van der Waals surface area contributed by atoms with E-state index in [1.54, 1.807) is 4.90 Å². The van der Waals surface area contributed by atoms with Crippen molar-refractivity contribution >= 4 is 34.6 Å². The number of nitrogens with one attached hydrogen (secondary N) is 1. The number of amides is 2. The topological polar surface area (TPSA) is 61.8 Å². The van der Waals surface area contributed by atoms with E-state index in [1.807, 2.05) is 58.0 Å². The Kier molecular flexibility index (Phi) is 4.99. The van der Waals surface area contributed by atoms with E-state index >= 15 is 0 Å². The zero-order valence-corrected chi connectivity index (χ0v) is 17.5. The predicted molar refractivity (Wildman–Crippen MR) is 117 cm³/mol. The van der Waals surface area contributed by atoms with Gasteiger partial charge in [0.25, 0.3) is 0 Å². The third-order valence-corrected chi connectivity index (χ3v) is 6.00. The van der Waals surface area contributed by atoms with Gasteiger partial charge >= 0.3 is 0 Å². The highest BCUT2D eigenvalue weighted by Gasteiger charge is 2.37. The molecule has 2 amide bonds. The maximum atomic E-state index is 13.4. The molecular formula is C24H27N3O2. The molecule has 150 valence electrons. The monoisotopic (exact) mass is 389 g/mol. The summed E-state index contributed by atoms with van der Waals surface area (Å²) in [6.07, 6.45) is 2.63. The largest absolute Gasteiger partial charge is 0.324 e. The van der Waals surface area contributed by atoms with E-state index in [9.17, 15) is 9.59 Å². The van der Waals surface area contributed by atoms with Crippen LogP contribution in [0.4, 0.5) is 17.1 Å². The number of benzene rings is 2. The summed E-state index contributed by atoms with van der Waals surface area (Å²) in [6.45, 7) is 8.05. The molecule has 29 heavy (non-hydrogen) atoms. The van der Waals surface area contributed by atoms with Crippen molar-refractivity contribution in [1.29, 1.82) is 0 Å². The first-order valence-corrected chi connectivity index (χ1v) is 10.2. The maximum Gasteiger partial charge on any atom is 0.244 e. The first kappa shape index (κ1) is 19.4. The lowest BCUT2D eigenvalue weighted by atomic mass is 10.0. The number of aliphatic imine (C=N–C) groups is 1. The Labute approximate surface area is 171 Å². The van der Waals surface area contributed by atoms with Crippen molar-refractivity contribution in [1.82, 2.24) is 0 Å². The van der Waals surface area contributed by atoms with E-state index in [1.165, 1.54) is 0 Å². The number of rotatable bonds is 3. The van der Waals surface area contributed by atoms with E-state index in [0.717, 1.165) is 64.3 Å². The highest BCUT2D eigenvalue weighted by atomic mass is 16.2. The lowest BCUT2D eigenvalue weighted by molar-refractivity contribution is -0.122. The van der Waals surface area contributed by atoms with E-state index in [4.69, 9.17) is 4.99 Å². The number of hydrogen-bond acceptors (Lipinski definition) is 3. The van der Waals surface area contributed by atoms with Gasteiger partial charge in [0.1, 0.15) is 6.54 Å². The van der Waals surface area contributed by atoms with Gasteiger partial charge in [0, 0.05) is 11.4 Å². The van der Waals surface area contributed by atoms with Gasteiger partial charge in [-0.15, -0.1) is 0 Å². The fourth-order valence-corrected chi connectivity index (χ4v) is 4.23. The standard InChI is InChI=1S/C24H27N3O2/c1-14-8-9-19(17(4)10-14)26-23(28)13-27-22-12-16(3)15(2)11-21(22)25-20-7-5-6-18(20)24(27)29/h8-12,18H,5-7,13H2,1-4H3,(H,26,28)/t18-/m0/s1. The van der Waals surface area contributed by atoms with Crippen LogP contribution in [0.2, 0.25) is 0 Å². The SMILES string of the molecule is Cc1ccc(NC(=O)CN2C(=O)[C@H]3CCCC3=Nc3cc(C)c(C)cc32)c(C)c1. The lowest BCUT2D eigenvalue weighted by Gasteiger charge is -2.25. The molecule has 0 aromatic heterocycles. The van der Waals surface area contributed by atoms with E-state index in [2.05, 4.69) is 5.32 Å². The molecule has 1 saturated carbocycles. The van der Waals surface area contributed by atoms with Crippen LogP contribution in [0.3, 0.4) is 0 Å². The number of nitrogens with zero attached hydrogens (tertiary/aromatic N) is 2. The summed E-state index contributed by atoms with van der Waals surface area (Å²) < 4.78 is 0. The van der Waals surface area contributed by atoms with E-state index < -0.39 is 0 Å². The van der Waals surface area contributed by atoms with Crippen LogP contribution in [0.25, 0.3) is 0 Å². The van der Waals surface area contributed by atoms with Crippen LogP contribution in [0, 0.1) is 33.6 Å². The van der Waals surface area contributed by atoms with Gasteiger partial charge in [0.2, 0.25) is 11.8 Å². The molecule has 5 heteroatoms. The molecule has 4 rings (SSSR count). The van der Waals surface area contributed by atoms with Gasteiger partial charge in [-0.05, 0) is 81.8 Å². The van der Waals surface area contributed by atoms with Gasteiger partial charge in [-0.2, -0.15) is 0 Å². The Bertz CT molecular complexity index is 1040. The summed E-state index contributed by atoms with van der Waals surface area (Å²) in [4.78, 5) is 32.7. The molecule has 0 radical (unpaired) electrons. The molecule has 1 heterocycles. The predicted octanol–water partition coefficient (Wildman–Crippen LogP) is 4.78. The molecule has 1 aliphatic heterocycles. The van der Waals surface area contributed by atoms with Gasteiger partial charge in [0.05, 0.1) is 17.3 Å². The summed E-state index contributed by atoms with van der Waals surface area (Å²) >= 11 is 0. The second kappa shape index (κ2) is 7.47. The van der Waals surface area contributed by atoms with Crippen molar-refractivity contribution in [3.63, 3.8) is 0 Å². The minimum absolute atomic E-state index is 0.0129. The fourth-order valence-electron chi connectivity index (χ4n) is 4.23. The summed E-state index contributed by atoms with van der Waals surface area (Å²) in [5.41, 5.74) is 7.64. The van der Waals surface area contributed by atoms with Crippen LogP contribution in [-0.2, 0) is 9.59 Å². The Hall–Kier alpha value is -2.95. The molecule has 2 aromatic rings. The number of carbonyl (C=O) groups excluding carboxylic acids is 2. The quantitative estimate of drug-likeness (QED) is 0.821. The number of hydrogen-bond donors (Lipinski definition) is 1. The molecule has 1 atom stereocenters. The van der Waals surface area contributed by atoms with Crippen LogP contribution in [0.5, 0.6) is 0 Å². The highest BCUT2D eigenvalue weighted by molar-refractivity contribution is 6.17. The van der Waals surface area contributed by atoms with Crippen molar-refractivity contribution in [3.8, 4) is 0 Å². The number of anilines is 2. The van der Waals surface area contributed by atoms with Gasteiger partial charge in [-0.3, -0.25) is 14.6 Å². The van der Waals surface area contributed by atoms with Gasteiger partial charge in [-0.1, -0.05) is 17.7 Å². The lowest BCUT2D eigenvalue weighted by Crippen LogP contribution is -2.42. The summed E-state index contributed by atoms with van der Waals surface area (Å²) in [5, 5.41) is 2.97. The summed E-state index contributed by atoms with van der Waals surface area (Å²) in [6, 6.07) is 9.93. The normalized spacial score (nSPS) is 18.1. The molecule has 1 fully saturated rings. The number of carbonyl (C=O) groups is 2. The molecular weight excluding hydrogens is 362 g/mol. The van der Waals surface area contributed by atoms with Crippen LogP contribution >= 0.6 is 0 Å². The van der Waals surface area contributed by atoms with Gasteiger partial charge < -0.3 is 10.2 Å². The van der Waals surface area contributed by atoms with E-state index in [0.29, 0.717) is 0 Å². The van der Waals surface area contributed by atoms with Crippen molar-refractivity contribution in [2.45, 2.75) is 47.0 Å². The highest BCUT2D eigenvalue weighted by Crippen LogP contribution is 2.39. The maximum absolute atomic E-state index is 13.4. The van der Waals surface area contributed by atoms with Crippen molar-refractivity contribution in [3.05, 3.63) is 52.6 Å². The van der Waals surface area contributed by atoms with Crippen molar-refractivity contribution < 1.29 is 9.59 Å². The molecule has 1 aliphatic carbocycles. The van der Waals surface area contributed by atoms with Crippen LogP contribution in [-0.4, -0.2) is 24.1 Å². The first-order valence-electron chi connectivity index (χ1n) is 10.2. The number of aryl methyl sites for hydroxylation is 4. The van der Waals surface area contributed by atoms with Crippen molar-refractivity contribution in [2.75, 3.05) is 16.8 Å². The fraction of sp³-hybridized carbons (Fsp3) is 0.375. The zero-order chi connectivity index (χ0) is 20.7. The zero-order valence-electron chi connectivity index (χ0n) is 17.5. The Morgan fingerprint density at radius 2 is 1.86 bits per heavy atom. The molecule has 1 N–H and O–H groups in total. The first-order chi connectivity index (χ1) is 13.8. The average molecular weight is 389 g/mol. The Balaban J connectivity index is 1.66. The average Bonchev–Trinajstić information content (AvgIpc) is 3.09. The summed E-state index contributed by atoms with van der Waals surface area (Å²) in [5.74, 6) is -0.424. The third kappa shape index (κ3) is 3.69. The molecule has 0 saturated heterocycles. The molecule has 2 aliphatic rings. The Morgan fingerprint density at radius 1 is 1.10 bits per heavy atom. The summed E-state index contributed by atoms with van der Waals surface area (Å²) in [7, 11) is 0. The molecule has 5 nitrogen and oxygen atoms in total. The smallest absolute Gasteiger partial charge is 0.244 e. The molecule has 2 aromatic carbocycles. The van der Waals surface area contributed by atoms with Gasteiger partial charge in [0.15, 0.2) is 0 Å². The van der Waals surface area contributed by atoms with Gasteiger partial charge in [-0.25, -0.2) is 0 Å². The second-order valence-electron chi connectivity index (χ2n) is 8.26. The van der Waals surface area contributed by atoms with Crippen molar-refractivity contribution in [2.24, 2.45) is 10.9 Å². The number of fused-ring (bicyclic) bond motifs is 2. The molecule has 0 spiro atoms. The van der Waals surface area contributed by atoms with E-state index in [-0.39, 0.29) is 24.3 Å². The van der Waals surface area contributed by atoms with Crippen LogP contribution in [0.15, 0.2) is 35.3 Å².